The summed E-state index contributed by atoms with van der Waals surface area (Å²) in [6.45, 7) is 4.53. The van der Waals surface area contributed by atoms with E-state index in [9.17, 15) is 19.2 Å². The second kappa shape index (κ2) is 13.8. The van der Waals surface area contributed by atoms with E-state index in [1.54, 1.807) is 45.1 Å². The molecule has 0 aliphatic carbocycles. The Kier molecular flexibility index (Phi) is 10.2. The number of amides is 4. The summed E-state index contributed by atoms with van der Waals surface area (Å²) in [7, 11) is 3.17. The molecule has 2 aliphatic rings. The molecule has 2 aromatic rings. The van der Waals surface area contributed by atoms with Gasteiger partial charge in [0.15, 0.2) is 5.78 Å². The molecular formula is C31H40N4O7. The molecule has 0 aromatic heterocycles. The van der Waals surface area contributed by atoms with Crippen LogP contribution in [0.15, 0.2) is 54.6 Å². The van der Waals surface area contributed by atoms with Gasteiger partial charge in [-0.1, -0.05) is 42.5 Å². The van der Waals surface area contributed by atoms with Gasteiger partial charge in [-0.15, -0.1) is 0 Å². The molecule has 2 heterocycles. The molecule has 2 aromatic carbocycles. The van der Waals surface area contributed by atoms with Crippen LogP contribution < -0.4 is 20.7 Å². The molecule has 0 unspecified atom stereocenters. The predicted molar refractivity (Wildman–Crippen MR) is 155 cm³/mol. The number of nitrogens with zero attached hydrogens (tertiary/aromatic N) is 1. The monoisotopic (exact) mass is 580 g/mol. The SMILES string of the molecule is COc1ccc(C[C@H](NC(=O)[C@@H](C)NC(=O)N2CC[C@@H](OC)C2)C(=O)N[C@@H](Cc2ccccc2)C(=O)[C@@]2(C)CO2)cc1. The Morgan fingerprint density at radius 3 is 2.14 bits per heavy atom. The smallest absolute Gasteiger partial charge is 0.318 e. The van der Waals surface area contributed by atoms with Crippen LogP contribution in [0.3, 0.4) is 0 Å². The van der Waals surface area contributed by atoms with Crippen molar-refractivity contribution in [1.29, 1.82) is 0 Å². The summed E-state index contributed by atoms with van der Waals surface area (Å²) in [5.74, 6) is -0.611. The number of hydrogen-bond donors (Lipinski definition) is 3. The van der Waals surface area contributed by atoms with Crippen molar-refractivity contribution in [3.8, 4) is 5.75 Å². The molecule has 2 fully saturated rings. The lowest BCUT2D eigenvalue weighted by atomic mass is 9.94. The van der Waals surface area contributed by atoms with E-state index in [2.05, 4.69) is 16.0 Å². The summed E-state index contributed by atoms with van der Waals surface area (Å²) in [6, 6.07) is 13.4. The Morgan fingerprint density at radius 1 is 0.929 bits per heavy atom. The van der Waals surface area contributed by atoms with Crippen molar-refractivity contribution in [1.82, 2.24) is 20.9 Å². The number of rotatable bonds is 13. The Bertz CT molecular complexity index is 1250. The average molecular weight is 581 g/mol. The summed E-state index contributed by atoms with van der Waals surface area (Å²) >= 11 is 0. The highest BCUT2D eigenvalue weighted by Gasteiger charge is 2.50. The Hall–Kier alpha value is -3.96. The highest BCUT2D eigenvalue weighted by atomic mass is 16.6. The fraction of sp³-hybridized carbons (Fsp3) is 0.484. The lowest BCUT2D eigenvalue weighted by Crippen LogP contribution is -2.57. The predicted octanol–water partition coefficient (Wildman–Crippen LogP) is 1.63. The molecule has 11 nitrogen and oxygen atoms in total. The van der Waals surface area contributed by atoms with E-state index < -0.39 is 35.5 Å². The normalized spacial score (nSPS) is 21.5. The van der Waals surface area contributed by atoms with E-state index in [4.69, 9.17) is 14.2 Å². The first kappa shape index (κ1) is 31.0. The van der Waals surface area contributed by atoms with Crippen molar-refractivity contribution in [3.05, 3.63) is 65.7 Å². The number of Topliss-reactive ketones (excluding diaryl/α,β-unsaturated/α-hetero) is 1. The van der Waals surface area contributed by atoms with Crippen LogP contribution >= 0.6 is 0 Å². The largest absolute Gasteiger partial charge is 0.497 e. The zero-order valence-electron chi connectivity index (χ0n) is 24.6. The minimum atomic E-state index is -1.02. The zero-order chi connectivity index (χ0) is 30.3. The van der Waals surface area contributed by atoms with Crippen LogP contribution in [0.4, 0.5) is 4.79 Å². The van der Waals surface area contributed by atoms with Gasteiger partial charge >= 0.3 is 6.03 Å². The van der Waals surface area contributed by atoms with Crippen LogP contribution in [-0.4, -0.2) is 92.3 Å². The van der Waals surface area contributed by atoms with E-state index in [0.717, 1.165) is 17.5 Å². The van der Waals surface area contributed by atoms with E-state index in [1.165, 1.54) is 0 Å². The number of nitrogens with one attached hydrogen (secondary N) is 3. The Labute approximate surface area is 246 Å². The van der Waals surface area contributed by atoms with Gasteiger partial charge in [-0.2, -0.15) is 0 Å². The molecular weight excluding hydrogens is 540 g/mol. The van der Waals surface area contributed by atoms with Gasteiger partial charge < -0.3 is 35.1 Å². The molecule has 2 aliphatic heterocycles. The molecule has 11 heteroatoms. The van der Waals surface area contributed by atoms with E-state index in [1.807, 2.05) is 42.5 Å². The third kappa shape index (κ3) is 8.07. The van der Waals surface area contributed by atoms with Crippen LogP contribution in [0.1, 0.15) is 31.4 Å². The lowest BCUT2D eigenvalue weighted by molar-refractivity contribution is -0.133. The van der Waals surface area contributed by atoms with Crippen molar-refractivity contribution in [2.45, 2.75) is 62.9 Å². The number of methoxy groups -OCH3 is 2. The number of carbonyl (C=O) groups excluding carboxylic acids is 4. The fourth-order valence-electron chi connectivity index (χ4n) is 4.90. The lowest BCUT2D eigenvalue weighted by Gasteiger charge is -2.26. The highest BCUT2D eigenvalue weighted by Crippen LogP contribution is 2.29. The molecule has 0 spiro atoms. The number of urea groups is 1. The van der Waals surface area contributed by atoms with Gasteiger partial charge in [0.05, 0.1) is 25.9 Å². The summed E-state index contributed by atoms with van der Waals surface area (Å²) in [5, 5.41) is 8.38. The number of epoxide rings is 1. The molecule has 4 amide bonds. The van der Waals surface area contributed by atoms with Crippen LogP contribution in [-0.2, 0) is 36.7 Å². The Balaban J connectivity index is 1.48. The first-order valence-corrected chi connectivity index (χ1v) is 14.2. The number of likely N-dealkylation sites (tertiary alicyclic amines) is 1. The van der Waals surface area contributed by atoms with Crippen molar-refractivity contribution in [3.63, 3.8) is 0 Å². The second-order valence-corrected chi connectivity index (χ2v) is 11.0. The number of ether oxygens (including phenoxy) is 3. The molecule has 0 saturated carbocycles. The summed E-state index contributed by atoms with van der Waals surface area (Å²) < 4.78 is 15.9. The number of benzene rings is 2. The number of ketones is 1. The van der Waals surface area contributed by atoms with Gasteiger partial charge in [-0.3, -0.25) is 14.4 Å². The highest BCUT2D eigenvalue weighted by molar-refractivity contribution is 5.98. The molecule has 2 saturated heterocycles. The van der Waals surface area contributed by atoms with Gasteiger partial charge in [0.1, 0.15) is 23.4 Å². The molecule has 0 bridgehead atoms. The maximum absolute atomic E-state index is 13.7. The van der Waals surface area contributed by atoms with Crippen LogP contribution in [0.2, 0.25) is 0 Å². The van der Waals surface area contributed by atoms with Crippen LogP contribution in [0.5, 0.6) is 5.75 Å². The van der Waals surface area contributed by atoms with Gasteiger partial charge in [0, 0.05) is 26.6 Å². The maximum Gasteiger partial charge on any atom is 0.318 e. The van der Waals surface area contributed by atoms with Gasteiger partial charge in [-0.25, -0.2) is 4.79 Å². The molecule has 226 valence electrons. The standard InChI is InChI=1S/C31H40N4O7/c1-20(32-30(39)35-15-14-24(18-35)41-4)28(37)34-26(17-22-10-12-23(40-3)13-11-22)29(38)33-25(27(36)31(2)19-42-31)16-21-8-6-5-7-9-21/h5-13,20,24-26H,14-19H2,1-4H3,(H,32,39)(H,33,38)(H,34,37)/t20-,24-,25+,26+,31-/m1/s1. The molecule has 4 rings (SSSR count). The molecule has 3 N–H and O–H groups in total. The summed E-state index contributed by atoms with van der Waals surface area (Å²) in [5.41, 5.74) is 0.710. The molecule has 5 atom stereocenters. The fourth-order valence-corrected chi connectivity index (χ4v) is 4.90. The minimum absolute atomic E-state index is 0.0349. The quantitative estimate of drug-likeness (QED) is 0.306. The van der Waals surface area contributed by atoms with Gasteiger partial charge in [0.25, 0.3) is 0 Å². The third-order valence-corrected chi connectivity index (χ3v) is 7.74. The van der Waals surface area contributed by atoms with Crippen molar-refractivity contribution < 1.29 is 33.4 Å². The Morgan fingerprint density at radius 2 is 1.55 bits per heavy atom. The van der Waals surface area contributed by atoms with Gasteiger partial charge in [-0.05, 0) is 49.9 Å². The van der Waals surface area contributed by atoms with Crippen molar-refractivity contribution in [2.24, 2.45) is 0 Å². The van der Waals surface area contributed by atoms with Crippen LogP contribution in [0, 0.1) is 0 Å². The second-order valence-electron chi connectivity index (χ2n) is 11.0. The molecule has 42 heavy (non-hydrogen) atoms. The average Bonchev–Trinajstić information content (AvgIpc) is 3.56. The maximum atomic E-state index is 13.7. The number of carbonyl (C=O) groups is 4. The van der Waals surface area contributed by atoms with E-state index in [-0.39, 0.29) is 30.8 Å². The summed E-state index contributed by atoms with van der Waals surface area (Å²) in [4.78, 5) is 54.6. The molecule has 0 radical (unpaired) electrons. The summed E-state index contributed by atoms with van der Waals surface area (Å²) in [6.07, 6.45) is 1.12. The van der Waals surface area contributed by atoms with Crippen LogP contribution in [0.25, 0.3) is 0 Å². The van der Waals surface area contributed by atoms with Crippen molar-refractivity contribution in [2.75, 3.05) is 33.9 Å². The zero-order valence-corrected chi connectivity index (χ0v) is 24.6. The van der Waals surface area contributed by atoms with Gasteiger partial charge in [0.2, 0.25) is 11.8 Å². The minimum Gasteiger partial charge on any atom is -0.497 e. The first-order valence-electron chi connectivity index (χ1n) is 14.2. The first-order chi connectivity index (χ1) is 20.1. The van der Waals surface area contributed by atoms with E-state index in [0.29, 0.717) is 25.4 Å². The van der Waals surface area contributed by atoms with Crippen molar-refractivity contribution >= 4 is 23.6 Å². The van der Waals surface area contributed by atoms with E-state index >= 15 is 0 Å². The topological polar surface area (TPSA) is 139 Å². The number of hydrogen-bond acceptors (Lipinski definition) is 7. The third-order valence-electron chi connectivity index (χ3n) is 7.74.